The second-order valence-electron chi connectivity index (χ2n) is 7.73. The molecule has 1 N–H and O–H groups in total. The first kappa shape index (κ1) is 24.7. The number of hydrogen-bond donors (Lipinski definition) is 1. The number of ether oxygens (including phenoxy) is 2. The Kier molecular flexibility index (Phi) is 9.07. The van der Waals surface area contributed by atoms with Gasteiger partial charge in [-0.2, -0.15) is 0 Å². The number of carbonyl (C=O) groups excluding carboxylic acids is 3. The Labute approximate surface area is 189 Å². The van der Waals surface area contributed by atoms with Crippen LogP contribution < -0.4 is 15.1 Å². The molecule has 32 heavy (non-hydrogen) atoms. The molecule has 0 aromatic heterocycles. The molecule has 0 bridgehead atoms. The van der Waals surface area contributed by atoms with E-state index in [4.69, 9.17) is 9.47 Å². The third-order valence-electron chi connectivity index (χ3n) is 4.93. The van der Waals surface area contributed by atoms with Crippen molar-refractivity contribution in [3.8, 4) is 0 Å². The van der Waals surface area contributed by atoms with Gasteiger partial charge in [0.25, 0.3) is 0 Å². The first-order valence-corrected chi connectivity index (χ1v) is 10.3. The average Bonchev–Trinajstić information content (AvgIpc) is 2.79. The first-order chi connectivity index (χ1) is 15.2. The van der Waals surface area contributed by atoms with Crippen LogP contribution in [0.25, 0.3) is 0 Å². The van der Waals surface area contributed by atoms with Gasteiger partial charge in [-0.25, -0.2) is 9.59 Å². The first-order valence-electron chi connectivity index (χ1n) is 10.3. The summed E-state index contributed by atoms with van der Waals surface area (Å²) in [7, 11) is 8.83. The molecule has 0 fully saturated rings. The van der Waals surface area contributed by atoms with Crippen LogP contribution in [0.3, 0.4) is 0 Å². The fourth-order valence-electron chi connectivity index (χ4n) is 3.11. The summed E-state index contributed by atoms with van der Waals surface area (Å²) >= 11 is 0. The van der Waals surface area contributed by atoms with Crippen LogP contribution in [0, 0.1) is 0 Å². The molecule has 2 rings (SSSR count). The van der Waals surface area contributed by atoms with Gasteiger partial charge in [-0.05, 0) is 30.2 Å². The second kappa shape index (κ2) is 11.7. The summed E-state index contributed by atoms with van der Waals surface area (Å²) in [6.07, 6.45) is -0.601. The molecule has 1 amide bonds. The normalized spacial score (nSPS) is 11.3. The van der Waals surface area contributed by atoms with E-state index < -0.39 is 18.1 Å². The Hall–Kier alpha value is -3.55. The highest BCUT2D eigenvalue weighted by molar-refractivity contribution is 6.02. The molecule has 1 atom stereocenters. The minimum Gasteiger partial charge on any atom is -0.467 e. The van der Waals surface area contributed by atoms with E-state index in [0.29, 0.717) is 5.56 Å². The van der Waals surface area contributed by atoms with E-state index in [1.165, 1.54) is 7.11 Å². The Bertz CT molecular complexity index is 928. The summed E-state index contributed by atoms with van der Waals surface area (Å²) in [4.78, 5) is 41.1. The van der Waals surface area contributed by atoms with Gasteiger partial charge in [0, 0.05) is 51.5 Å². The number of hydrogen-bond acceptors (Lipinski definition) is 7. The van der Waals surface area contributed by atoms with Crippen LogP contribution in [0.1, 0.15) is 28.8 Å². The SMILES string of the molecule is COC(=O)C(CCC(=O)c1ccc(N(C)C)cc1N(C)C)NC(=O)OCc1ccccc1. The predicted octanol–water partition coefficient (Wildman–Crippen LogP) is 3.25. The maximum absolute atomic E-state index is 12.9. The molecule has 0 saturated heterocycles. The lowest BCUT2D eigenvalue weighted by atomic mass is 10.0. The van der Waals surface area contributed by atoms with Gasteiger partial charge in [0.05, 0.1) is 7.11 Å². The van der Waals surface area contributed by atoms with Crippen LogP contribution >= 0.6 is 0 Å². The highest BCUT2D eigenvalue weighted by Gasteiger charge is 2.24. The van der Waals surface area contributed by atoms with Gasteiger partial charge in [-0.1, -0.05) is 30.3 Å². The molecule has 1 unspecified atom stereocenters. The highest BCUT2D eigenvalue weighted by Crippen LogP contribution is 2.26. The molecule has 172 valence electrons. The number of amides is 1. The number of ketones is 1. The Morgan fingerprint density at radius 1 is 0.969 bits per heavy atom. The van der Waals surface area contributed by atoms with E-state index in [2.05, 4.69) is 5.32 Å². The zero-order chi connectivity index (χ0) is 23.7. The van der Waals surface area contributed by atoms with E-state index >= 15 is 0 Å². The molecule has 0 saturated carbocycles. The van der Waals surface area contributed by atoms with Gasteiger partial charge in [0.1, 0.15) is 12.6 Å². The lowest BCUT2D eigenvalue weighted by Gasteiger charge is -2.21. The highest BCUT2D eigenvalue weighted by atomic mass is 16.6. The van der Waals surface area contributed by atoms with Crippen LogP contribution in [0.5, 0.6) is 0 Å². The van der Waals surface area contributed by atoms with Crippen molar-refractivity contribution in [3.05, 3.63) is 59.7 Å². The summed E-state index contributed by atoms with van der Waals surface area (Å²) in [5, 5.41) is 2.50. The van der Waals surface area contributed by atoms with Crippen molar-refractivity contribution in [1.82, 2.24) is 5.32 Å². The maximum atomic E-state index is 12.9. The minimum absolute atomic E-state index is 0.0564. The number of Topliss-reactive ketones (excluding diaryl/α,β-unsaturated/α-hetero) is 1. The number of benzene rings is 2. The van der Waals surface area contributed by atoms with E-state index in [1.54, 1.807) is 6.07 Å². The number of rotatable bonds is 10. The van der Waals surface area contributed by atoms with Crippen LogP contribution in [0.4, 0.5) is 16.2 Å². The number of methoxy groups -OCH3 is 1. The maximum Gasteiger partial charge on any atom is 0.408 e. The van der Waals surface area contributed by atoms with Crippen LogP contribution in [-0.4, -0.2) is 59.2 Å². The number of anilines is 2. The average molecular weight is 442 g/mol. The van der Waals surface area contributed by atoms with E-state index in [1.807, 2.05) is 80.5 Å². The van der Waals surface area contributed by atoms with Gasteiger partial charge < -0.3 is 24.6 Å². The van der Waals surface area contributed by atoms with E-state index in [9.17, 15) is 14.4 Å². The quantitative estimate of drug-likeness (QED) is 0.447. The number of carbonyl (C=O) groups is 3. The van der Waals surface area contributed by atoms with Crippen molar-refractivity contribution < 1.29 is 23.9 Å². The Morgan fingerprint density at radius 3 is 2.25 bits per heavy atom. The Balaban J connectivity index is 2.03. The van der Waals surface area contributed by atoms with E-state index in [0.717, 1.165) is 16.9 Å². The number of alkyl carbamates (subject to hydrolysis) is 1. The second-order valence-corrected chi connectivity index (χ2v) is 7.73. The number of nitrogens with one attached hydrogen (secondary N) is 1. The van der Waals surface area contributed by atoms with Crippen LogP contribution in [0.2, 0.25) is 0 Å². The summed E-state index contributed by atoms with van der Waals surface area (Å²) in [6, 6.07) is 13.8. The molecular weight excluding hydrogens is 410 g/mol. The molecule has 0 aliphatic heterocycles. The molecule has 2 aromatic rings. The molecule has 0 radical (unpaired) electrons. The van der Waals surface area contributed by atoms with Crippen molar-refractivity contribution in [1.29, 1.82) is 0 Å². The smallest absolute Gasteiger partial charge is 0.408 e. The van der Waals surface area contributed by atoms with Crippen LogP contribution in [0.15, 0.2) is 48.5 Å². The van der Waals surface area contributed by atoms with Gasteiger partial charge in [0.15, 0.2) is 5.78 Å². The Morgan fingerprint density at radius 2 is 1.66 bits per heavy atom. The van der Waals surface area contributed by atoms with Crippen molar-refractivity contribution in [2.75, 3.05) is 45.1 Å². The van der Waals surface area contributed by atoms with Crippen LogP contribution in [-0.2, 0) is 20.9 Å². The van der Waals surface area contributed by atoms with Gasteiger partial charge in [0.2, 0.25) is 0 Å². The summed E-state index contributed by atoms with van der Waals surface area (Å²) in [6.45, 7) is 0.0733. The fourth-order valence-corrected chi connectivity index (χ4v) is 3.11. The molecule has 0 spiro atoms. The molecule has 0 aliphatic carbocycles. The minimum atomic E-state index is -0.990. The third kappa shape index (κ3) is 7.01. The number of nitrogens with zero attached hydrogens (tertiary/aromatic N) is 2. The largest absolute Gasteiger partial charge is 0.467 e. The van der Waals surface area contributed by atoms with Crippen molar-refractivity contribution in [3.63, 3.8) is 0 Å². The summed E-state index contributed by atoms with van der Waals surface area (Å²) in [5.74, 6) is -0.766. The molecule has 8 nitrogen and oxygen atoms in total. The zero-order valence-corrected chi connectivity index (χ0v) is 19.3. The summed E-state index contributed by atoms with van der Waals surface area (Å²) < 4.78 is 9.96. The molecule has 2 aromatic carbocycles. The third-order valence-corrected chi connectivity index (χ3v) is 4.93. The molecule has 8 heteroatoms. The molecular formula is C24H31N3O5. The van der Waals surface area contributed by atoms with Crippen molar-refractivity contribution in [2.45, 2.75) is 25.5 Å². The lowest BCUT2D eigenvalue weighted by Crippen LogP contribution is -2.42. The lowest BCUT2D eigenvalue weighted by molar-refractivity contribution is -0.143. The standard InChI is InChI=1S/C24H31N3O5/c1-26(2)18-11-12-19(21(15-18)27(3)4)22(28)14-13-20(23(29)31-5)25-24(30)32-16-17-9-7-6-8-10-17/h6-12,15,20H,13-14,16H2,1-5H3,(H,25,30). The number of esters is 1. The van der Waals surface area contributed by atoms with Crippen molar-refractivity contribution in [2.24, 2.45) is 0 Å². The molecule has 0 aliphatic rings. The van der Waals surface area contributed by atoms with Crippen molar-refractivity contribution >= 4 is 29.2 Å². The van der Waals surface area contributed by atoms with Gasteiger partial charge in [-0.15, -0.1) is 0 Å². The summed E-state index contributed by atoms with van der Waals surface area (Å²) in [5.41, 5.74) is 3.13. The molecule has 0 heterocycles. The van der Waals surface area contributed by atoms with Gasteiger partial charge >= 0.3 is 12.1 Å². The van der Waals surface area contributed by atoms with Gasteiger partial charge in [-0.3, -0.25) is 4.79 Å². The monoisotopic (exact) mass is 441 g/mol. The fraction of sp³-hybridized carbons (Fsp3) is 0.375. The zero-order valence-electron chi connectivity index (χ0n) is 19.3. The topological polar surface area (TPSA) is 88.2 Å². The van der Waals surface area contributed by atoms with E-state index in [-0.39, 0.29) is 25.2 Å². The predicted molar refractivity (Wildman–Crippen MR) is 124 cm³/mol.